The van der Waals surface area contributed by atoms with E-state index in [1.807, 2.05) is 0 Å². The Hall–Kier alpha value is -6.62. The minimum absolute atomic E-state index is 0.205. The summed E-state index contributed by atoms with van der Waals surface area (Å²) in [7, 11) is -2.85. The van der Waals surface area contributed by atoms with Gasteiger partial charge < -0.3 is 10.1 Å². The maximum absolute atomic E-state index is 15.3. The number of pyridine rings is 3. The molecule has 0 bridgehead atoms. The summed E-state index contributed by atoms with van der Waals surface area (Å²) in [4.78, 5) is 64.4. The van der Waals surface area contributed by atoms with Crippen molar-refractivity contribution in [1.82, 2.24) is 29.4 Å². The first-order valence-electron chi connectivity index (χ1n) is 16.3. The SMILES string of the molecule is CC(C)OC(=O)[C@H](Cc1ccc(-n2c(=O)c3ccncc3n(C)c2=O)cc1)NC(=O)c1c(F)cc(NS(=O)(=O)c2ccc(-c3ccncc3)nc2)cc1F. The Kier molecular flexibility index (Phi) is 10.4. The number of benzene rings is 2. The van der Waals surface area contributed by atoms with Crippen LogP contribution in [0.4, 0.5) is 14.5 Å². The quantitative estimate of drug-likeness (QED) is 0.184. The number of carbonyl (C=O) groups excluding carboxylic acids is 2. The molecule has 2 aromatic carbocycles. The zero-order chi connectivity index (χ0) is 38.7. The molecule has 0 aliphatic carbocycles. The van der Waals surface area contributed by atoms with E-state index < -0.39 is 68.2 Å². The number of esters is 1. The number of fused-ring (bicyclic) bond motifs is 1. The highest BCUT2D eigenvalue weighted by Gasteiger charge is 2.28. The van der Waals surface area contributed by atoms with Gasteiger partial charge in [-0.25, -0.2) is 31.4 Å². The fourth-order valence-electron chi connectivity index (χ4n) is 5.57. The van der Waals surface area contributed by atoms with Crippen LogP contribution in [0.25, 0.3) is 27.8 Å². The van der Waals surface area contributed by atoms with Crippen LogP contribution in [0.15, 0.2) is 112 Å². The van der Waals surface area contributed by atoms with Gasteiger partial charge in [0.25, 0.3) is 21.5 Å². The zero-order valence-corrected chi connectivity index (χ0v) is 29.7. The van der Waals surface area contributed by atoms with Crippen LogP contribution in [0.5, 0.6) is 0 Å². The molecule has 0 aliphatic rings. The highest BCUT2D eigenvalue weighted by molar-refractivity contribution is 7.92. The lowest BCUT2D eigenvalue weighted by Crippen LogP contribution is -2.44. The fourth-order valence-corrected chi connectivity index (χ4v) is 6.56. The summed E-state index contributed by atoms with van der Waals surface area (Å²) in [5.41, 5.74) is -0.571. The van der Waals surface area contributed by atoms with E-state index in [0.717, 1.165) is 10.8 Å². The Balaban J connectivity index is 1.21. The number of rotatable bonds is 11. The standard InChI is InChI=1S/C37H31F2N7O7S/c1-21(2)53-36(49)31(16-22-4-6-25(7-5-22)46-35(48)27-12-15-41-20-32(27)45(3)37(46)50)43-34(47)33-28(38)17-24(18-29(33)39)44-54(51,52)26-8-9-30(42-19-26)23-10-13-40-14-11-23/h4-15,17-21,31,44H,16H2,1-3H3,(H,43,47)/t31-/m0/s1. The molecule has 1 amide bonds. The van der Waals surface area contributed by atoms with Gasteiger partial charge in [0.2, 0.25) is 0 Å². The number of anilines is 1. The molecule has 0 fully saturated rings. The summed E-state index contributed by atoms with van der Waals surface area (Å²) >= 11 is 0. The maximum atomic E-state index is 15.3. The lowest BCUT2D eigenvalue weighted by atomic mass is 10.0. The van der Waals surface area contributed by atoms with E-state index in [-0.39, 0.29) is 22.4 Å². The van der Waals surface area contributed by atoms with Gasteiger partial charge >= 0.3 is 11.7 Å². The number of nitrogens with one attached hydrogen (secondary N) is 2. The molecule has 6 aromatic rings. The summed E-state index contributed by atoms with van der Waals surface area (Å²) in [6.45, 7) is 3.15. The molecule has 0 spiro atoms. The van der Waals surface area contributed by atoms with Crippen molar-refractivity contribution >= 4 is 38.5 Å². The minimum Gasteiger partial charge on any atom is -0.461 e. The van der Waals surface area contributed by atoms with Gasteiger partial charge in [0.05, 0.1) is 40.3 Å². The molecular formula is C37H31F2N7O7S. The average molecular weight is 756 g/mol. The molecule has 14 nitrogen and oxygen atoms in total. The van der Waals surface area contributed by atoms with Crippen molar-refractivity contribution in [3.05, 3.63) is 141 Å². The van der Waals surface area contributed by atoms with E-state index >= 15 is 8.78 Å². The molecule has 6 rings (SSSR count). The van der Waals surface area contributed by atoms with E-state index in [1.165, 1.54) is 66.5 Å². The Morgan fingerprint density at radius 2 is 1.56 bits per heavy atom. The summed E-state index contributed by atoms with van der Waals surface area (Å²) in [5, 5.41) is 2.58. The van der Waals surface area contributed by atoms with Crippen molar-refractivity contribution in [2.24, 2.45) is 7.05 Å². The van der Waals surface area contributed by atoms with Crippen molar-refractivity contribution in [2.45, 2.75) is 37.3 Å². The highest BCUT2D eigenvalue weighted by Crippen LogP contribution is 2.24. The summed E-state index contributed by atoms with van der Waals surface area (Å²) in [5.74, 6) is -5.02. The van der Waals surface area contributed by atoms with Gasteiger partial charge in [-0.15, -0.1) is 0 Å². The molecule has 4 aromatic heterocycles. The molecule has 276 valence electrons. The predicted molar refractivity (Wildman–Crippen MR) is 193 cm³/mol. The second kappa shape index (κ2) is 15.2. The third-order valence-electron chi connectivity index (χ3n) is 8.19. The Labute approximate surface area is 306 Å². The molecule has 0 saturated carbocycles. The van der Waals surface area contributed by atoms with Crippen molar-refractivity contribution in [3.63, 3.8) is 0 Å². The molecule has 17 heteroatoms. The number of aromatic nitrogens is 5. The number of hydrogen-bond donors (Lipinski definition) is 2. The monoisotopic (exact) mass is 755 g/mol. The normalized spacial score (nSPS) is 12.0. The number of halogens is 2. The molecule has 1 atom stereocenters. The molecule has 0 aliphatic heterocycles. The Morgan fingerprint density at radius 3 is 2.19 bits per heavy atom. The third-order valence-corrected chi connectivity index (χ3v) is 9.56. The van der Waals surface area contributed by atoms with Crippen LogP contribution in [0.3, 0.4) is 0 Å². The van der Waals surface area contributed by atoms with Gasteiger partial charge in [-0.05, 0) is 74.0 Å². The Morgan fingerprint density at radius 1 is 0.889 bits per heavy atom. The average Bonchev–Trinajstić information content (AvgIpc) is 3.14. The summed E-state index contributed by atoms with van der Waals surface area (Å²) in [6, 6.07) is 13.4. The van der Waals surface area contributed by atoms with Crippen molar-refractivity contribution in [1.29, 1.82) is 0 Å². The number of carbonyl (C=O) groups is 2. The van der Waals surface area contributed by atoms with Crippen LogP contribution in [-0.2, 0) is 33.0 Å². The van der Waals surface area contributed by atoms with Crippen LogP contribution in [0.2, 0.25) is 0 Å². The number of nitrogens with zero attached hydrogens (tertiary/aromatic N) is 5. The van der Waals surface area contributed by atoms with Gasteiger partial charge in [-0.3, -0.25) is 33.8 Å². The van der Waals surface area contributed by atoms with Crippen LogP contribution >= 0.6 is 0 Å². The first kappa shape index (κ1) is 37.1. The highest BCUT2D eigenvalue weighted by atomic mass is 32.2. The molecule has 0 radical (unpaired) electrons. The molecule has 4 heterocycles. The fraction of sp³-hybridized carbons (Fsp3) is 0.162. The zero-order valence-electron chi connectivity index (χ0n) is 28.9. The number of aryl methyl sites for hydroxylation is 1. The summed E-state index contributed by atoms with van der Waals surface area (Å²) in [6.07, 6.45) is 6.22. The third kappa shape index (κ3) is 7.75. The molecule has 2 N–H and O–H groups in total. The first-order chi connectivity index (χ1) is 25.7. The topological polar surface area (TPSA) is 184 Å². The van der Waals surface area contributed by atoms with E-state index in [0.29, 0.717) is 34.5 Å². The van der Waals surface area contributed by atoms with Crippen molar-refractivity contribution < 1.29 is 31.5 Å². The maximum Gasteiger partial charge on any atom is 0.335 e. The number of ether oxygens (including phenoxy) is 1. The Bertz CT molecular complexity index is 2590. The van der Waals surface area contributed by atoms with Crippen LogP contribution < -0.4 is 21.3 Å². The predicted octanol–water partition coefficient (Wildman–Crippen LogP) is 3.91. The number of hydrogen-bond acceptors (Lipinski definition) is 10. The molecule has 0 saturated heterocycles. The lowest BCUT2D eigenvalue weighted by molar-refractivity contribution is -0.149. The smallest absolute Gasteiger partial charge is 0.335 e. The number of sulfonamides is 1. The second-order valence-corrected chi connectivity index (χ2v) is 14.0. The molecular weight excluding hydrogens is 725 g/mol. The van der Waals surface area contributed by atoms with E-state index in [2.05, 4.69) is 25.0 Å². The van der Waals surface area contributed by atoms with Crippen LogP contribution in [-0.4, -0.2) is 56.5 Å². The summed E-state index contributed by atoms with van der Waals surface area (Å²) < 4.78 is 66.3. The van der Waals surface area contributed by atoms with Gasteiger partial charge in [0.15, 0.2) is 0 Å². The van der Waals surface area contributed by atoms with Crippen LogP contribution in [0.1, 0.15) is 29.8 Å². The van der Waals surface area contributed by atoms with E-state index in [1.54, 1.807) is 38.4 Å². The van der Waals surface area contributed by atoms with Crippen LogP contribution in [0, 0.1) is 11.6 Å². The first-order valence-corrected chi connectivity index (χ1v) is 17.8. The van der Waals surface area contributed by atoms with E-state index in [4.69, 9.17) is 4.74 Å². The second-order valence-electron chi connectivity index (χ2n) is 12.3. The van der Waals surface area contributed by atoms with Crippen molar-refractivity contribution in [2.75, 3.05) is 4.72 Å². The van der Waals surface area contributed by atoms with Gasteiger partial charge in [-0.2, -0.15) is 0 Å². The minimum atomic E-state index is -4.35. The molecule has 54 heavy (non-hydrogen) atoms. The lowest BCUT2D eigenvalue weighted by Gasteiger charge is -2.20. The van der Waals surface area contributed by atoms with Gasteiger partial charge in [-0.1, -0.05) is 12.1 Å². The molecule has 0 unspecified atom stereocenters. The number of amides is 1. The van der Waals surface area contributed by atoms with Crippen molar-refractivity contribution in [3.8, 4) is 16.9 Å². The largest absolute Gasteiger partial charge is 0.461 e. The van der Waals surface area contributed by atoms with E-state index in [9.17, 15) is 27.6 Å². The van der Waals surface area contributed by atoms with Gasteiger partial charge in [0, 0.05) is 43.8 Å². The van der Waals surface area contributed by atoms with Gasteiger partial charge in [0.1, 0.15) is 28.1 Å².